The summed E-state index contributed by atoms with van der Waals surface area (Å²) in [7, 11) is 1.40. The summed E-state index contributed by atoms with van der Waals surface area (Å²) >= 11 is 0. The number of benzene rings is 1. The predicted octanol–water partition coefficient (Wildman–Crippen LogP) is 2.16. The van der Waals surface area contributed by atoms with Crippen LogP contribution in [0.2, 0.25) is 0 Å². The Bertz CT molecular complexity index is 401. The summed E-state index contributed by atoms with van der Waals surface area (Å²) < 4.78 is 10.2. The van der Waals surface area contributed by atoms with E-state index in [1.807, 2.05) is 43.3 Å². The van der Waals surface area contributed by atoms with Crippen molar-refractivity contribution in [2.45, 2.75) is 13.3 Å². The number of hydrogen-bond donors (Lipinski definition) is 1. The lowest BCUT2D eigenvalue weighted by Gasteiger charge is -2.06. The molecule has 1 rings (SSSR count). The second kappa shape index (κ2) is 9.16. The van der Waals surface area contributed by atoms with Crippen LogP contribution < -0.4 is 10.1 Å². The lowest BCUT2D eigenvalue weighted by atomic mass is 10.2. The van der Waals surface area contributed by atoms with Gasteiger partial charge in [0.1, 0.15) is 12.4 Å². The summed E-state index contributed by atoms with van der Waals surface area (Å²) in [4.78, 5) is 11.3. The molecule has 0 saturated carbocycles. The Balaban J connectivity index is 2.17. The van der Waals surface area contributed by atoms with E-state index >= 15 is 0 Å². The van der Waals surface area contributed by atoms with Gasteiger partial charge in [0.15, 0.2) is 0 Å². The molecule has 0 spiro atoms. The molecule has 0 aliphatic rings. The van der Waals surface area contributed by atoms with Gasteiger partial charge in [0.25, 0.3) is 0 Å². The van der Waals surface area contributed by atoms with Crippen LogP contribution in [0.1, 0.15) is 13.3 Å². The first-order valence-corrected chi connectivity index (χ1v) is 6.43. The summed E-state index contributed by atoms with van der Waals surface area (Å²) in [5, 5.41) is 3.19. The van der Waals surface area contributed by atoms with Crippen molar-refractivity contribution in [1.29, 1.82) is 0 Å². The quantitative estimate of drug-likeness (QED) is 0.443. The van der Waals surface area contributed by atoms with Gasteiger partial charge >= 0.3 is 5.97 Å². The van der Waals surface area contributed by atoms with E-state index in [0.29, 0.717) is 25.1 Å². The Morgan fingerprint density at radius 2 is 2.05 bits per heavy atom. The fraction of sp³-hybridized carbons (Fsp3) is 0.400. The second-order valence-corrected chi connectivity index (χ2v) is 3.94. The number of carbonyl (C=O) groups excluding carboxylic acids is 1. The van der Waals surface area contributed by atoms with Gasteiger partial charge in [-0.2, -0.15) is 0 Å². The molecule has 1 aromatic rings. The van der Waals surface area contributed by atoms with Gasteiger partial charge in [-0.05, 0) is 18.6 Å². The smallest absolute Gasteiger partial charge is 0.333 e. The maximum atomic E-state index is 11.3. The number of nitrogens with one attached hydrogen (secondary N) is 1. The van der Waals surface area contributed by atoms with Gasteiger partial charge in [-0.3, -0.25) is 0 Å². The van der Waals surface area contributed by atoms with Crippen molar-refractivity contribution >= 4 is 5.97 Å². The minimum atomic E-state index is -0.259. The topological polar surface area (TPSA) is 47.6 Å². The first-order chi connectivity index (χ1) is 9.27. The molecule has 0 aliphatic heterocycles. The van der Waals surface area contributed by atoms with Gasteiger partial charge in [-0.15, -0.1) is 0 Å². The molecule has 0 aliphatic carbocycles. The summed E-state index contributed by atoms with van der Waals surface area (Å²) in [6.45, 7) is 3.89. The van der Waals surface area contributed by atoms with E-state index in [2.05, 4.69) is 10.1 Å². The molecule has 0 radical (unpaired) electrons. The highest BCUT2D eigenvalue weighted by atomic mass is 16.5. The molecule has 1 aromatic carbocycles. The highest BCUT2D eigenvalue weighted by Crippen LogP contribution is 2.07. The molecular weight excluding hydrogens is 242 g/mol. The van der Waals surface area contributed by atoms with Crippen molar-refractivity contribution < 1.29 is 14.3 Å². The normalized spacial score (nSPS) is 11.2. The van der Waals surface area contributed by atoms with Crippen molar-refractivity contribution in [1.82, 2.24) is 5.32 Å². The Kier molecular flexibility index (Phi) is 7.35. The van der Waals surface area contributed by atoms with Crippen LogP contribution in [0.3, 0.4) is 0 Å². The van der Waals surface area contributed by atoms with E-state index in [4.69, 9.17) is 4.74 Å². The molecule has 1 N–H and O–H groups in total. The van der Waals surface area contributed by atoms with Crippen molar-refractivity contribution in [2.75, 3.05) is 26.8 Å². The van der Waals surface area contributed by atoms with E-state index in [1.165, 1.54) is 7.11 Å². The number of para-hydroxylation sites is 1. The van der Waals surface area contributed by atoms with Crippen LogP contribution in [-0.2, 0) is 9.53 Å². The van der Waals surface area contributed by atoms with Crippen molar-refractivity contribution in [3.8, 4) is 5.75 Å². The maximum Gasteiger partial charge on any atom is 0.333 e. The summed E-state index contributed by atoms with van der Waals surface area (Å²) in [5.41, 5.74) is 0.693. The van der Waals surface area contributed by atoms with E-state index in [9.17, 15) is 4.79 Å². The Morgan fingerprint density at radius 1 is 1.32 bits per heavy atom. The van der Waals surface area contributed by atoms with Crippen molar-refractivity contribution in [3.05, 3.63) is 42.0 Å². The lowest BCUT2D eigenvalue weighted by molar-refractivity contribution is -0.136. The molecule has 0 saturated heterocycles. The van der Waals surface area contributed by atoms with Gasteiger partial charge in [0.05, 0.1) is 7.11 Å². The van der Waals surface area contributed by atoms with E-state index in [-0.39, 0.29) is 5.97 Å². The zero-order chi connectivity index (χ0) is 13.9. The Labute approximate surface area is 114 Å². The predicted molar refractivity (Wildman–Crippen MR) is 75.2 cm³/mol. The maximum absolute atomic E-state index is 11.3. The molecule has 0 unspecified atom stereocenters. The molecule has 0 atom stereocenters. The second-order valence-electron chi connectivity index (χ2n) is 3.94. The number of hydrogen-bond acceptors (Lipinski definition) is 4. The molecule has 4 heteroatoms. The largest absolute Gasteiger partial charge is 0.492 e. The van der Waals surface area contributed by atoms with Crippen LogP contribution in [0.25, 0.3) is 0 Å². The minimum absolute atomic E-state index is 0.259. The average molecular weight is 263 g/mol. The SMILES string of the molecule is CC/C(=C/CNCCOc1ccccc1)C(=O)OC. The lowest BCUT2D eigenvalue weighted by Crippen LogP contribution is -2.21. The van der Waals surface area contributed by atoms with Crippen LogP contribution in [0.5, 0.6) is 5.75 Å². The van der Waals surface area contributed by atoms with Gasteiger partial charge in [0.2, 0.25) is 0 Å². The van der Waals surface area contributed by atoms with Gasteiger partial charge < -0.3 is 14.8 Å². The molecule has 4 nitrogen and oxygen atoms in total. The van der Waals surface area contributed by atoms with Gasteiger partial charge in [-0.1, -0.05) is 31.2 Å². The summed E-state index contributed by atoms with van der Waals surface area (Å²) in [6, 6.07) is 9.68. The Morgan fingerprint density at radius 3 is 2.68 bits per heavy atom. The van der Waals surface area contributed by atoms with Crippen LogP contribution in [-0.4, -0.2) is 32.8 Å². The van der Waals surface area contributed by atoms with Crippen LogP contribution in [0.15, 0.2) is 42.0 Å². The molecule has 0 bridgehead atoms. The van der Waals surface area contributed by atoms with E-state index in [1.54, 1.807) is 0 Å². The zero-order valence-corrected chi connectivity index (χ0v) is 11.5. The van der Waals surface area contributed by atoms with Crippen LogP contribution in [0, 0.1) is 0 Å². The molecule has 0 amide bonds. The van der Waals surface area contributed by atoms with Crippen LogP contribution >= 0.6 is 0 Å². The zero-order valence-electron chi connectivity index (χ0n) is 11.5. The van der Waals surface area contributed by atoms with E-state index < -0.39 is 0 Å². The van der Waals surface area contributed by atoms with Crippen molar-refractivity contribution in [3.63, 3.8) is 0 Å². The minimum Gasteiger partial charge on any atom is -0.492 e. The number of ether oxygens (including phenoxy) is 2. The third-order valence-electron chi connectivity index (χ3n) is 2.61. The first-order valence-electron chi connectivity index (χ1n) is 6.43. The van der Waals surface area contributed by atoms with Gasteiger partial charge in [0, 0.05) is 18.7 Å². The number of methoxy groups -OCH3 is 1. The fourth-order valence-electron chi connectivity index (χ4n) is 1.56. The number of rotatable bonds is 8. The third kappa shape index (κ3) is 6.06. The fourth-order valence-corrected chi connectivity index (χ4v) is 1.56. The highest BCUT2D eigenvalue weighted by Gasteiger charge is 2.05. The van der Waals surface area contributed by atoms with Crippen molar-refractivity contribution in [2.24, 2.45) is 0 Å². The molecule has 0 fully saturated rings. The Hall–Kier alpha value is -1.81. The molecule has 104 valence electrons. The molecule has 0 heterocycles. The number of carbonyl (C=O) groups is 1. The summed E-state index contributed by atoms with van der Waals surface area (Å²) in [6.07, 6.45) is 2.53. The number of esters is 1. The first kappa shape index (κ1) is 15.2. The van der Waals surface area contributed by atoms with Gasteiger partial charge in [-0.25, -0.2) is 4.79 Å². The summed E-state index contributed by atoms with van der Waals surface area (Å²) in [5.74, 6) is 0.605. The van der Waals surface area contributed by atoms with Crippen LogP contribution in [0.4, 0.5) is 0 Å². The molecular formula is C15H21NO3. The monoisotopic (exact) mass is 263 g/mol. The molecule has 19 heavy (non-hydrogen) atoms. The highest BCUT2D eigenvalue weighted by molar-refractivity contribution is 5.88. The third-order valence-corrected chi connectivity index (χ3v) is 2.61. The standard InChI is InChI=1S/C15H21NO3/c1-3-13(15(17)18-2)9-10-16-11-12-19-14-7-5-4-6-8-14/h4-9,16H,3,10-12H2,1-2H3/b13-9-. The van der Waals surface area contributed by atoms with E-state index in [0.717, 1.165) is 12.3 Å². The average Bonchev–Trinajstić information content (AvgIpc) is 2.47. The molecule has 0 aromatic heterocycles.